The van der Waals surface area contributed by atoms with Crippen LogP contribution >= 0.6 is 11.6 Å². The molecule has 0 saturated carbocycles. The number of hydrogen-bond donors (Lipinski definition) is 0. The molecule has 0 aliphatic carbocycles. The summed E-state index contributed by atoms with van der Waals surface area (Å²) in [5, 5.41) is 12.8. The third-order valence-electron chi connectivity index (χ3n) is 3.51. The van der Waals surface area contributed by atoms with Crippen molar-refractivity contribution in [2.24, 2.45) is 0 Å². The van der Waals surface area contributed by atoms with Gasteiger partial charge in [-0.15, -0.1) is 10.2 Å². The molecule has 1 aliphatic heterocycles. The molecular weight excluding hydrogens is 280 g/mol. The molecule has 0 saturated heterocycles. The summed E-state index contributed by atoms with van der Waals surface area (Å²) in [5.41, 5.74) is 0.887. The van der Waals surface area contributed by atoms with Gasteiger partial charge in [0.05, 0.1) is 6.54 Å². The van der Waals surface area contributed by atoms with Gasteiger partial charge >= 0.3 is 0 Å². The lowest BCUT2D eigenvalue weighted by Gasteiger charge is -2.30. The zero-order valence-corrected chi connectivity index (χ0v) is 11.5. The van der Waals surface area contributed by atoms with Crippen LogP contribution in [0.15, 0.2) is 12.7 Å². The smallest absolute Gasteiger partial charge is 0.255 e. The highest BCUT2D eigenvalue weighted by molar-refractivity contribution is 6.30. The van der Waals surface area contributed by atoms with Gasteiger partial charge in [-0.3, -0.25) is 0 Å². The predicted molar refractivity (Wildman–Crippen MR) is 71.6 cm³/mol. The first-order chi connectivity index (χ1) is 9.74. The van der Waals surface area contributed by atoms with Crippen molar-refractivity contribution in [3.63, 3.8) is 0 Å². The molecule has 0 radical (unpaired) electrons. The lowest BCUT2D eigenvalue weighted by Crippen LogP contribution is -2.35. The van der Waals surface area contributed by atoms with Crippen molar-refractivity contribution in [1.29, 1.82) is 0 Å². The molecule has 0 unspecified atom stereocenters. The molecule has 1 aliphatic rings. The van der Waals surface area contributed by atoms with Crippen LogP contribution in [0.5, 0.6) is 0 Å². The summed E-state index contributed by atoms with van der Waals surface area (Å²) in [6.45, 7) is 4.26. The third kappa shape index (κ3) is 1.58. The molecule has 0 spiro atoms. The summed E-state index contributed by atoms with van der Waals surface area (Å²) in [4.78, 5) is 10.5. The third-order valence-corrected chi connectivity index (χ3v) is 3.88. The van der Waals surface area contributed by atoms with Gasteiger partial charge in [-0.1, -0.05) is 11.6 Å². The minimum atomic E-state index is 0.451. The molecule has 20 heavy (non-hydrogen) atoms. The Morgan fingerprint density at radius 1 is 1.30 bits per heavy atom. The Labute approximate surface area is 119 Å². The Morgan fingerprint density at radius 3 is 3.10 bits per heavy atom. The van der Waals surface area contributed by atoms with Crippen molar-refractivity contribution in [2.45, 2.75) is 20.0 Å². The summed E-state index contributed by atoms with van der Waals surface area (Å²) in [7, 11) is 0. The van der Waals surface area contributed by atoms with Gasteiger partial charge in [-0.2, -0.15) is 19.6 Å². The lowest BCUT2D eigenvalue weighted by atomic mass is 10.3. The summed E-state index contributed by atoms with van der Waals surface area (Å²) < 4.78 is 3.76. The summed E-state index contributed by atoms with van der Waals surface area (Å²) >= 11 is 6.20. The average molecular weight is 291 g/mol. The van der Waals surface area contributed by atoms with Crippen LogP contribution in [0.25, 0.3) is 5.78 Å². The standard InChI is InChI=1S/C11H11ClN8/c1-7-9(12)16-11-13-5-15-20(11)10(7)18-2-3-19-6-14-17-8(19)4-18/h5-6H,2-4H2,1H3. The molecule has 9 heteroatoms. The number of aromatic nitrogens is 7. The van der Waals surface area contributed by atoms with Gasteiger partial charge in [0.15, 0.2) is 5.82 Å². The minimum absolute atomic E-state index is 0.451. The molecule has 8 nitrogen and oxygen atoms in total. The average Bonchev–Trinajstić information content (AvgIpc) is 3.07. The largest absolute Gasteiger partial charge is 0.347 e. The van der Waals surface area contributed by atoms with Crippen LogP contribution in [0.1, 0.15) is 11.4 Å². The Morgan fingerprint density at radius 2 is 2.20 bits per heavy atom. The van der Waals surface area contributed by atoms with E-state index in [2.05, 4.69) is 30.2 Å². The molecule has 0 N–H and O–H groups in total. The van der Waals surface area contributed by atoms with E-state index >= 15 is 0 Å². The summed E-state index contributed by atoms with van der Waals surface area (Å²) in [5.74, 6) is 2.34. The molecule has 0 atom stereocenters. The molecular formula is C11H11ClN8. The van der Waals surface area contributed by atoms with E-state index in [0.29, 0.717) is 17.5 Å². The number of nitrogens with zero attached hydrogens (tertiary/aromatic N) is 8. The topological polar surface area (TPSA) is 77.0 Å². The quantitative estimate of drug-likeness (QED) is 0.614. The van der Waals surface area contributed by atoms with Gasteiger partial charge in [-0.05, 0) is 6.92 Å². The van der Waals surface area contributed by atoms with Crippen molar-refractivity contribution in [3.8, 4) is 0 Å². The first-order valence-electron chi connectivity index (χ1n) is 6.21. The number of hydrogen-bond acceptors (Lipinski definition) is 6. The predicted octanol–water partition coefficient (Wildman–Crippen LogP) is 0.698. The van der Waals surface area contributed by atoms with Crippen molar-refractivity contribution >= 4 is 23.2 Å². The molecule has 3 aromatic rings. The lowest BCUT2D eigenvalue weighted by molar-refractivity contribution is 0.550. The van der Waals surface area contributed by atoms with E-state index in [1.807, 2.05) is 11.5 Å². The van der Waals surface area contributed by atoms with E-state index in [4.69, 9.17) is 11.6 Å². The van der Waals surface area contributed by atoms with Crippen molar-refractivity contribution in [1.82, 2.24) is 34.3 Å². The van der Waals surface area contributed by atoms with Crippen molar-refractivity contribution < 1.29 is 0 Å². The zero-order chi connectivity index (χ0) is 13.7. The summed E-state index contributed by atoms with van der Waals surface area (Å²) in [6.07, 6.45) is 3.23. The maximum Gasteiger partial charge on any atom is 0.255 e. The highest BCUT2D eigenvalue weighted by Gasteiger charge is 2.23. The SMILES string of the molecule is Cc1c(Cl)nc2ncnn2c1N1CCn2cnnc2C1. The van der Waals surface area contributed by atoms with E-state index in [-0.39, 0.29) is 0 Å². The maximum absolute atomic E-state index is 6.20. The molecule has 102 valence electrons. The molecule has 4 heterocycles. The van der Waals surface area contributed by atoms with Crippen LogP contribution in [0.3, 0.4) is 0 Å². The van der Waals surface area contributed by atoms with Crippen molar-refractivity contribution in [2.75, 3.05) is 11.4 Å². The van der Waals surface area contributed by atoms with Crippen LogP contribution in [-0.4, -0.2) is 40.9 Å². The first-order valence-corrected chi connectivity index (χ1v) is 6.59. The fourth-order valence-corrected chi connectivity index (χ4v) is 2.66. The second-order valence-corrected chi connectivity index (χ2v) is 5.04. The van der Waals surface area contributed by atoms with Gasteiger partial charge in [0, 0.05) is 18.7 Å². The van der Waals surface area contributed by atoms with E-state index in [1.54, 1.807) is 10.8 Å². The first kappa shape index (κ1) is 11.6. The van der Waals surface area contributed by atoms with Gasteiger partial charge in [0.25, 0.3) is 5.78 Å². The van der Waals surface area contributed by atoms with Crippen LogP contribution in [0.2, 0.25) is 5.15 Å². The highest BCUT2D eigenvalue weighted by atomic mass is 35.5. The maximum atomic E-state index is 6.20. The van der Waals surface area contributed by atoms with Gasteiger partial charge in [-0.25, -0.2) is 0 Å². The number of halogens is 1. The fraction of sp³-hybridized carbons (Fsp3) is 0.364. The Kier molecular flexibility index (Phi) is 2.40. The second-order valence-electron chi connectivity index (χ2n) is 4.69. The molecule has 4 rings (SSSR count). The second kappa shape index (κ2) is 4.14. The normalized spacial score (nSPS) is 14.8. The Hall–Kier alpha value is -2.22. The molecule has 3 aromatic heterocycles. The molecule has 0 fully saturated rings. The molecule has 0 aromatic carbocycles. The fourth-order valence-electron chi connectivity index (χ4n) is 2.50. The zero-order valence-electron chi connectivity index (χ0n) is 10.7. The monoisotopic (exact) mass is 290 g/mol. The Balaban J connectivity index is 1.86. The van der Waals surface area contributed by atoms with E-state index in [1.165, 1.54) is 6.33 Å². The molecule has 0 amide bonds. The van der Waals surface area contributed by atoms with E-state index < -0.39 is 0 Å². The van der Waals surface area contributed by atoms with Crippen LogP contribution in [0, 0.1) is 6.92 Å². The van der Waals surface area contributed by atoms with Gasteiger partial charge in [0.2, 0.25) is 0 Å². The van der Waals surface area contributed by atoms with Gasteiger partial charge < -0.3 is 9.47 Å². The van der Waals surface area contributed by atoms with Crippen LogP contribution in [0.4, 0.5) is 5.82 Å². The van der Waals surface area contributed by atoms with Crippen LogP contribution < -0.4 is 4.90 Å². The number of rotatable bonds is 1. The van der Waals surface area contributed by atoms with E-state index in [0.717, 1.165) is 30.3 Å². The Bertz CT molecular complexity index is 791. The molecule has 0 bridgehead atoms. The van der Waals surface area contributed by atoms with Gasteiger partial charge in [0.1, 0.15) is 23.6 Å². The van der Waals surface area contributed by atoms with Crippen LogP contribution in [-0.2, 0) is 13.1 Å². The van der Waals surface area contributed by atoms with Crippen molar-refractivity contribution in [3.05, 3.63) is 29.2 Å². The highest BCUT2D eigenvalue weighted by Crippen LogP contribution is 2.27. The number of fused-ring (bicyclic) bond motifs is 2. The van der Waals surface area contributed by atoms with E-state index in [9.17, 15) is 0 Å². The minimum Gasteiger partial charge on any atom is -0.347 e. The summed E-state index contributed by atoms with van der Waals surface area (Å²) in [6, 6.07) is 0. The number of anilines is 1.